The van der Waals surface area contributed by atoms with Gasteiger partial charge in [-0.25, -0.2) is 14.5 Å². The molecule has 0 amide bonds. The minimum absolute atomic E-state index is 0.0287. The van der Waals surface area contributed by atoms with Crippen molar-refractivity contribution in [2.24, 2.45) is 0 Å². The van der Waals surface area contributed by atoms with Crippen LogP contribution in [0.2, 0.25) is 0 Å². The molecule has 0 bridgehead atoms. The number of hydrogen-bond donors (Lipinski definition) is 0. The van der Waals surface area contributed by atoms with E-state index in [1.807, 2.05) is 18.5 Å². The number of hydrogen-bond acceptors (Lipinski definition) is 6. The molecule has 4 aromatic rings. The Kier molecular flexibility index (Phi) is 3.43. The van der Waals surface area contributed by atoms with Crippen molar-refractivity contribution in [2.45, 2.75) is 38.3 Å². The van der Waals surface area contributed by atoms with Gasteiger partial charge in [-0.1, -0.05) is 0 Å². The molecule has 6 rings (SSSR count). The Labute approximate surface area is 161 Å². The lowest BCUT2D eigenvalue weighted by Gasteiger charge is -2.12. The monoisotopic (exact) mass is 376 g/mol. The van der Waals surface area contributed by atoms with Gasteiger partial charge >= 0.3 is 0 Å². The van der Waals surface area contributed by atoms with E-state index in [0.717, 1.165) is 46.7 Å². The minimum Gasteiger partial charge on any atom is -0.470 e. The van der Waals surface area contributed by atoms with Crippen LogP contribution in [0.5, 0.6) is 5.88 Å². The van der Waals surface area contributed by atoms with E-state index in [9.17, 15) is 0 Å². The van der Waals surface area contributed by atoms with Crippen LogP contribution in [-0.2, 0) is 4.74 Å². The number of aromatic nitrogens is 6. The summed E-state index contributed by atoms with van der Waals surface area (Å²) in [5.74, 6) is 1.61. The summed E-state index contributed by atoms with van der Waals surface area (Å²) in [4.78, 5) is 13.7. The number of fused-ring (bicyclic) bond motifs is 2. The van der Waals surface area contributed by atoms with Gasteiger partial charge in [0.1, 0.15) is 23.8 Å². The van der Waals surface area contributed by atoms with Gasteiger partial charge in [0, 0.05) is 36.0 Å². The molecule has 2 fully saturated rings. The first-order valence-corrected chi connectivity index (χ1v) is 9.69. The van der Waals surface area contributed by atoms with E-state index in [4.69, 9.17) is 9.47 Å². The third-order valence-electron chi connectivity index (χ3n) is 5.53. The molecule has 1 aliphatic heterocycles. The van der Waals surface area contributed by atoms with E-state index in [1.54, 1.807) is 4.52 Å². The van der Waals surface area contributed by atoms with Crippen molar-refractivity contribution in [3.8, 4) is 17.0 Å². The zero-order valence-electron chi connectivity index (χ0n) is 15.6. The molecule has 0 aromatic carbocycles. The Hall–Kier alpha value is -3.00. The zero-order valence-corrected chi connectivity index (χ0v) is 15.6. The molecule has 1 saturated carbocycles. The van der Waals surface area contributed by atoms with E-state index < -0.39 is 0 Å². The van der Waals surface area contributed by atoms with Crippen LogP contribution in [0.15, 0.2) is 30.9 Å². The van der Waals surface area contributed by atoms with Crippen LogP contribution in [-0.4, -0.2) is 48.5 Å². The van der Waals surface area contributed by atoms with Crippen molar-refractivity contribution < 1.29 is 9.47 Å². The highest BCUT2D eigenvalue weighted by molar-refractivity contribution is 5.88. The van der Waals surface area contributed by atoms with Crippen molar-refractivity contribution in [3.05, 3.63) is 36.7 Å². The topological polar surface area (TPSA) is 79.4 Å². The number of pyridine rings is 1. The molecule has 8 heteroatoms. The Balaban J connectivity index is 1.49. The lowest BCUT2D eigenvalue weighted by molar-refractivity contribution is 0.138. The highest BCUT2D eigenvalue weighted by atomic mass is 16.5. The molecule has 4 aromatic heterocycles. The number of rotatable bonds is 4. The second-order valence-corrected chi connectivity index (χ2v) is 7.52. The third kappa shape index (κ3) is 2.48. The largest absolute Gasteiger partial charge is 0.470 e. The van der Waals surface area contributed by atoms with Crippen LogP contribution in [0, 0.1) is 6.92 Å². The highest BCUT2D eigenvalue weighted by Crippen LogP contribution is 2.39. The summed E-state index contributed by atoms with van der Waals surface area (Å²) in [6.07, 6.45) is 8.64. The number of aryl methyl sites for hydroxylation is 1. The van der Waals surface area contributed by atoms with E-state index in [-0.39, 0.29) is 6.10 Å². The van der Waals surface area contributed by atoms with Crippen LogP contribution in [0.4, 0.5) is 0 Å². The first-order valence-electron chi connectivity index (χ1n) is 9.69. The smallest absolute Gasteiger partial charge is 0.242 e. The van der Waals surface area contributed by atoms with Crippen LogP contribution < -0.4 is 4.74 Å². The van der Waals surface area contributed by atoms with E-state index >= 15 is 0 Å². The quantitative estimate of drug-likeness (QED) is 0.545. The SMILES string of the molecule is Cc1nc2ncc(-c3ccn4ncnc(OC5CCOC5)c34)cc2n1C1CC1. The summed E-state index contributed by atoms with van der Waals surface area (Å²) >= 11 is 0. The molecule has 1 aliphatic carbocycles. The molecular weight excluding hydrogens is 356 g/mol. The third-order valence-corrected chi connectivity index (χ3v) is 5.53. The molecule has 1 atom stereocenters. The average molecular weight is 376 g/mol. The second kappa shape index (κ2) is 6.00. The van der Waals surface area contributed by atoms with Crippen molar-refractivity contribution in [2.75, 3.05) is 13.2 Å². The zero-order chi connectivity index (χ0) is 18.7. The second-order valence-electron chi connectivity index (χ2n) is 7.52. The maximum atomic E-state index is 6.14. The van der Waals surface area contributed by atoms with Crippen LogP contribution >= 0.6 is 0 Å². The lowest BCUT2D eigenvalue weighted by Crippen LogP contribution is -2.17. The fourth-order valence-electron chi connectivity index (χ4n) is 4.04. The summed E-state index contributed by atoms with van der Waals surface area (Å²) < 4.78 is 15.7. The van der Waals surface area contributed by atoms with Gasteiger partial charge in [-0.15, -0.1) is 0 Å². The Morgan fingerprint density at radius 3 is 2.96 bits per heavy atom. The number of imidazole rings is 1. The van der Waals surface area contributed by atoms with Crippen molar-refractivity contribution in [1.29, 1.82) is 0 Å². The van der Waals surface area contributed by atoms with Crippen molar-refractivity contribution >= 4 is 16.7 Å². The molecule has 1 unspecified atom stereocenters. The maximum Gasteiger partial charge on any atom is 0.242 e. The Morgan fingerprint density at radius 2 is 2.14 bits per heavy atom. The van der Waals surface area contributed by atoms with Gasteiger partial charge in [0.2, 0.25) is 5.88 Å². The van der Waals surface area contributed by atoms with Crippen molar-refractivity contribution in [1.82, 2.24) is 29.1 Å². The van der Waals surface area contributed by atoms with Gasteiger partial charge in [0.15, 0.2) is 5.65 Å². The lowest BCUT2D eigenvalue weighted by atomic mass is 10.1. The molecule has 5 heterocycles. The first-order chi connectivity index (χ1) is 13.8. The van der Waals surface area contributed by atoms with Crippen LogP contribution in [0.1, 0.15) is 31.1 Å². The fourth-order valence-corrected chi connectivity index (χ4v) is 4.04. The van der Waals surface area contributed by atoms with Gasteiger partial charge < -0.3 is 14.0 Å². The van der Waals surface area contributed by atoms with Gasteiger partial charge in [-0.2, -0.15) is 10.1 Å². The summed E-state index contributed by atoms with van der Waals surface area (Å²) in [5, 5.41) is 4.34. The van der Waals surface area contributed by atoms with Crippen LogP contribution in [0.3, 0.4) is 0 Å². The Bertz CT molecular complexity index is 1190. The first kappa shape index (κ1) is 16.0. The highest BCUT2D eigenvalue weighted by Gasteiger charge is 2.28. The Morgan fingerprint density at radius 1 is 1.21 bits per heavy atom. The predicted molar refractivity (Wildman–Crippen MR) is 102 cm³/mol. The van der Waals surface area contributed by atoms with Gasteiger partial charge in [0.05, 0.1) is 18.7 Å². The average Bonchev–Trinajstić information content (AvgIpc) is 3.11. The van der Waals surface area contributed by atoms with E-state index in [2.05, 4.69) is 37.6 Å². The molecule has 2 aliphatic rings. The summed E-state index contributed by atoms with van der Waals surface area (Å²) in [5.41, 5.74) is 4.75. The summed E-state index contributed by atoms with van der Waals surface area (Å²) in [7, 11) is 0. The molecule has 0 spiro atoms. The minimum atomic E-state index is 0.0287. The number of ether oxygens (including phenoxy) is 2. The van der Waals surface area contributed by atoms with Gasteiger partial charge in [0.25, 0.3) is 0 Å². The molecule has 142 valence electrons. The number of nitrogens with zero attached hydrogens (tertiary/aromatic N) is 6. The maximum absolute atomic E-state index is 6.14. The van der Waals surface area contributed by atoms with Crippen molar-refractivity contribution in [3.63, 3.8) is 0 Å². The van der Waals surface area contributed by atoms with Gasteiger partial charge in [-0.3, -0.25) is 0 Å². The van der Waals surface area contributed by atoms with Gasteiger partial charge in [-0.05, 0) is 31.9 Å². The summed E-state index contributed by atoms with van der Waals surface area (Å²) in [6, 6.07) is 4.76. The normalized spacial score (nSPS) is 19.7. The van der Waals surface area contributed by atoms with E-state index in [1.165, 1.54) is 19.2 Å². The molecule has 0 N–H and O–H groups in total. The predicted octanol–water partition coefficient (Wildman–Crippen LogP) is 2.95. The molecule has 28 heavy (non-hydrogen) atoms. The molecule has 0 radical (unpaired) electrons. The standard InChI is InChI=1S/C20H20N6O2/c1-12-24-19-17(26(12)14-2-3-14)8-13(9-21-19)16-4-6-25-18(16)20(22-11-23-25)28-15-5-7-27-10-15/h4,6,8-9,11,14-15H,2-3,5,7,10H2,1H3. The van der Waals surface area contributed by atoms with E-state index in [0.29, 0.717) is 18.5 Å². The summed E-state index contributed by atoms with van der Waals surface area (Å²) in [6.45, 7) is 3.38. The van der Waals surface area contributed by atoms with Crippen LogP contribution in [0.25, 0.3) is 27.8 Å². The molecule has 8 nitrogen and oxygen atoms in total. The molecular formula is C20H20N6O2. The molecule has 1 saturated heterocycles. The fraction of sp³-hybridized carbons (Fsp3) is 0.400.